The first-order chi connectivity index (χ1) is 8.20. The third kappa shape index (κ3) is 2.81. The van der Waals surface area contributed by atoms with Crippen molar-refractivity contribution >= 4 is 5.91 Å². The molecule has 1 aliphatic rings. The molecule has 1 saturated heterocycles. The molecule has 0 aromatic carbocycles. The number of amides is 1. The van der Waals surface area contributed by atoms with E-state index >= 15 is 0 Å². The Bertz CT molecular complexity index is 381. The molecule has 0 radical (unpaired) electrons. The van der Waals surface area contributed by atoms with Crippen LogP contribution in [0.5, 0.6) is 0 Å². The lowest BCUT2D eigenvalue weighted by atomic mass is 10.1. The average Bonchev–Trinajstić information content (AvgIpc) is 2.35. The van der Waals surface area contributed by atoms with Crippen LogP contribution in [0.25, 0.3) is 0 Å². The number of hydrogen-bond donors (Lipinski definition) is 1. The molecule has 2 rings (SSSR count). The fraction of sp³-hybridized carbons (Fsp3) is 0.500. The Labute approximate surface area is 101 Å². The Balaban J connectivity index is 2.01. The highest BCUT2D eigenvalue weighted by molar-refractivity contribution is 5.79. The maximum Gasteiger partial charge on any atom is 0.236 e. The summed E-state index contributed by atoms with van der Waals surface area (Å²) in [6.45, 7) is 2.55. The fourth-order valence-corrected chi connectivity index (χ4v) is 2.09. The number of carbonyl (C=O) groups excluding carboxylic acids is 1. The highest BCUT2D eigenvalue weighted by Gasteiger charge is 2.28. The molecule has 1 aliphatic heterocycles. The molecule has 2 N–H and O–H groups in total. The van der Waals surface area contributed by atoms with E-state index in [-0.39, 0.29) is 11.9 Å². The van der Waals surface area contributed by atoms with Gasteiger partial charge in [0.2, 0.25) is 5.91 Å². The summed E-state index contributed by atoms with van der Waals surface area (Å²) in [6, 6.07) is 4.05. The van der Waals surface area contributed by atoms with Crippen LogP contribution in [0.15, 0.2) is 24.5 Å². The van der Waals surface area contributed by atoms with Crippen LogP contribution in [-0.2, 0) is 11.3 Å². The van der Waals surface area contributed by atoms with Crippen molar-refractivity contribution in [3.63, 3.8) is 0 Å². The molecule has 5 nitrogen and oxygen atoms in total. The number of aromatic nitrogens is 1. The smallest absolute Gasteiger partial charge is 0.236 e. The molecule has 1 unspecified atom stereocenters. The lowest BCUT2D eigenvalue weighted by Crippen LogP contribution is -2.56. The number of hydrogen-bond acceptors (Lipinski definition) is 4. The zero-order valence-electron chi connectivity index (χ0n) is 10.0. The summed E-state index contributed by atoms with van der Waals surface area (Å²) < 4.78 is 0. The van der Waals surface area contributed by atoms with Crippen molar-refractivity contribution in [2.24, 2.45) is 5.73 Å². The number of pyridine rings is 1. The third-order valence-corrected chi connectivity index (χ3v) is 3.17. The van der Waals surface area contributed by atoms with Gasteiger partial charge in [-0.05, 0) is 11.6 Å². The topological polar surface area (TPSA) is 62.5 Å². The van der Waals surface area contributed by atoms with Gasteiger partial charge in [-0.1, -0.05) is 6.07 Å². The maximum absolute atomic E-state index is 11.8. The van der Waals surface area contributed by atoms with Gasteiger partial charge in [-0.3, -0.25) is 14.7 Å². The quantitative estimate of drug-likeness (QED) is 0.779. The van der Waals surface area contributed by atoms with E-state index < -0.39 is 0 Å². The van der Waals surface area contributed by atoms with E-state index in [4.69, 9.17) is 5.73 Å². The minimum Gasteiger partial charge on any atom is -0.339 e. The molecule has 1 atom stereocenters. The predicted molar refractivity (Wildman–Crippen MR) is 65.1 cm³/mol. The minimum atomic E-state index is 0.118. The number of carbonyl (C=O) groups is 1. The predicted octanol–water partition coefficient (Wildman–Crippen LogP) is -0.317. The first-order valence-corrected chi connectivity index (χ1v) is 5.77. The van der Waals surface area contributed by atoms with Crippen LogP contribution in [0.3, 0.4) is 0 Å². The summed E-state index contributed by atoms with van der Waals surface area (Å²) in [5, 5.41) is 0. The largest absolute Gasteiger partial charge is 0.339 e. The van der Waals surface area contributed by atoms with Crippen molar-refractivity contribution in [1.82, 2.24) is 14.8 Å². The normalized spacial score (nSPS) is 21.9. The number of piperazine rings is 1. The molecule has 1 aromatic rings. The molecule has 5 heteroatoms. The van der Waals surface area contributed by atoms with Crippen molar-refractivity contribution < 1.29 is 4.79 Å². The molecular formula is C12H18N4O. The van der Waals surface area contributed by atoms with E-state index in [2.05, 4.69) is 9.88 Å². The number of likely N-dealkylation sites (N-methyl/N-ethyl adjacent to an activating group) is 1. The molecular weight excluding hydrogens is 216 g/mol. The lowest BCUT2D eigenvalue weighted by molar-refractivity contribution is -0.137. The third-order valence-electron chi connectivity index (χ3n) is 3.17. The van der Waals surface area contributed by atoms with Crippen LogP contribution in [0.2, 0.25) is 0 Å². The zero-order chi connectivity index (χ0) is 12.3. The van der Waals surface area contributed by atoms with Gasteiger partial charge in [-0.15, -0.1) is 0 Å². The molecule has 1 fully saturated rings. The minimum absolute atomic E-state index is 0.118. The van der Waals surface area contributed by atoms with Gasteiger partial charge in [0.05, 0.1) is 12.6 Å². The second-order valence-corrected chi connectivity index (χ2v) is 4.43. The molecule has 0 spiro atoms. The summed E-state index contributed by atoms with van der Waals surface area (Å²) in [7, 11) is 1.82. The second-order valence-electron chi connectivity index (χ2n) is 4.43. The summed E-state index contributed by atoms with van der Waals surface area (Å²) in [4.78, 5) is 19.7. The first kappa shape index (κ1) is 12.0. The molecule has 1 aromatic heterocycles. The van der Waals surface area contributed by atoms with Gasteiger partial charge in [-0.25, -0.2) is 0 Å². The Morgan fingerprint density at radius 2 is 2.41 bits per heavy atom. The van der Waals surface area contributed by atoms with Crippen molar-refractivity contribution in [2.45, 2.75) is 12.6 Å². The van der Waals surface area contributed by atoms with E-state index in [0.29, 0.717) is 13.1 Å². The van der Waals surface area contributed by atoms with Gasteiger partial charge >= 0.3 is 0 Å². The molecule has 2 heterocycles. The average molecular weight is 234 g/mol. The Morgan fingerprint density at radius 3 is 3.06 bits per heavy atom. The van der Waals surface area contributed by atoms with Crippen molar-refractivity contribution in [3.8, 4) is 0 Å². The van der Waals surface area contributed by atoms with E-state index in [0.717, 1.165) is 18.7 Å². The van der Waals surface area contributed by atoms with Crippen molar-refractivity contribution in [3.05, 3.63) is 30.1 Å². The van der Waals surface area contributed by atoms with E-state index in [1.165, 1.54) is 0 Å². The van der Waals surface area contributed by atoms with Gasteiger partial charge in [0.25, 0.3) is 0 Å². The van der Waals surface area contributed by atoms with Crippen molar-refractivity contribution in [2.75, 3.05) is 26.7 Å². The van der Waals surface area contributed by atoms with Gasteiger partial charge < -0.3 is 10.6 Å². The Hall–Kier alpha value is -1.46. The second kappa shape index (κ2) is 5.25. The van der Waals surface area contributed by atoms with Crippen LogP contribution in [0, 0.1) is 0 Å². The van der Waals surface area contributed by atoms with Crippen LogP contribution < -0.4 is 5.73 Å². The van der Waals surface area contributed by atoms with Gasteiger partial charge in [-0.2, -0.15) is 0 Å². The number of nitrogens with two attached hydrogens (primary N) is 1. The van der Waals surface area contributed by atoms with Crippen molar-refractivity contribution in [1.29, 1.82) is 0 Å². The SMILES string of the molecule is CN1C(=O)CN(Cc2cccnc2)CC1CN. The Kier molecular flexibility index (Phi) is 3.71. The van der Waals surface area contributed by atoms with Gasteiger partial charge in [0, 0.05) is 39.1 Å². The lowest BCUT2D eigenvalue weighted by Gasteiger charge is -2.38. The van der Waals surface area contributed by atoms with Crippen LogP contribution in [0.1, 0.15) is 5.56 Å². The maximum atomic E-state index is 11.8. The van der Waals surface area contributed by atoms with Crippen LogP contribution >= 0.6 is 0 Å². The monoisotopic (exact) mass is 234 g/mol. The first-order valence-electron chi connectivity index (χ1n) is 5.77. The highest BCUT2D eigenvalue weighted by Crippen LogP contribution is 2.11. The van der Waals surface area contributed by atoms with E-state index in [1.807, 2.05) is 25.4 Å². The molecule has 1 amide bonds. The summed E-state index contributed by atoms with van der Waals surface area (Å²) in [5.41, 5.74) is 6.80. The fourth-order valence-electron chi connectivity index (χ4n) is 2.09. The molecule has 0 saturated carbocycles. The van der Waals surface area contributed by atoms with Gasteiger partial charge in [0.15, 0.2) is 0 Å². The zero-order valence-corrected chi connectivity index (χ0v) is 10.0. The molecule has 0 bridgehead atoms. The molecule has 0 aliphatic carbocycles. The summed E-state index contributed by atoms with van der Waals surface area (Å²) in [5.74, 6) is 0.135. The van der Waals surface area contributed by atoms with Crippen LogP contribution in [-0.4, -0.2) is 53.4 Å². The molecule has 92 valence electrons. The molecule has 17 heavy (non-hydrogen) atoms. The summed E-state index contributed by atoms with van der Waals surface area (Å²) >= 11 is 0. The number of rotatable bonds is 3. The highest BCUT2D eigenvalue weighted by atomic mass is 16.2. The van der Waals surface area contributed by atoms with Crippen LogP contribution in [0.4, 0.5) is 0 Å². The van der Waals surface area contributed by atoms with E-state index in [9.17, 15) is 4.79 Å². The van der Waals surface area contributed by atoms with Gasteiger partial charge in [0.1, 0.15) is 0 Å². The van der Waals surface area contributed by atoms with E-state index in [1.54, 1.807) is 11.1 Å². The standard InChI is InChI=1S/C12H18N4O/c1-15-11(5-13)8-16(9-12(15)17)7-10-3-2-4-14-6-10/h2-4,6,11H,5,7-9,13H2,1H3. The Morgan fingerprint density at radius 1 is 1.59 bits per heavy atom. The summed E-state index contributed by atoms with van der Waals surface area (Å²) in [6.07, 6.45) is 3.58. The number of nitrogens with zero attached hydrogens (tertiary/aromatic N) is 3.